The molecule has 3 heteroatoms. The van der Waals surface area contributed by atoms with Crippen LogP contribution in [-0.4, -0.2) is 21.3 Å². The molecule has 3 nitrogen and oxygen atoms in total. The Morgan fingerprint density at radius 2 is 2.07 bits per heavy atom. The molecule has 3 aliphatic carbocycles. The molecule has 2 fully saturated rings. The van der Waals surface area contributed by atoms with Crippen LogP contribution in [0.4, 0.5) is 0 Å². The van der Waals surface area contributed by atoms with Crippen LogP contribution < -0.4 is 0 Å². The first-order chi connectivity index (χ1) is 13.1. The molecular weight excluding hydrogens is 334 g/mol. The van der Waals surface area contributed by atoms with Gasteiger partial charge in [0.25, 0.3) is 0 Å². The molecule has 2 N–H and O–H groups in total. The van der Waals surface area contributed by atoms with E-state index in [4.69, 9.17) is 0 Å². The number of aromatic hydroxyl groups is 1. The van der Waals surface area contributed by atoms with Crippen molar-refractivity contribution in [1.82, 2.24) is 4.98 Å². The van der Waals surface area contributed by atoms with Crippen LogP contribution in [0.1, 0.15) is 55.3 Å². The van der Waals surface area contributed by atoms with Crippen molar-refractivity contribution >= 4 is 6.08 Å². The second-order valence-corrected chi connectivity index (χ2v) is 8.92. The number of aliphatic hydroxyl groups excluding tert-OH is 1. The summed E-state index contributed by atoms with van der Waals surface area (Å²) in [4.78, 5) is 4.43. The lowest BCUT2D eigenvalue weighted by atomic mass is 9.55. The number of benzene rings is 1. The number of hydrogen-bond donors (Lipinski definition) is 2. The summed E-state index contributed by atoms with van der Waals surface area (Å²) in [6.07, 6.45) is 8.90. The molecule has 0 saturated heterocycles. The van der Waals surface area contributed by atoms with Gasteiger partial charge in [-0.2, -0.15) is 0 Å². The Balaban J connectivity index is 1.49. The molecule has 3 aliphatic rings. The van der Waals surface area contributed by atoms with Crippen molar-refractivity contribution in [2.75, 3.05) is 0 Å². The second-order valence-electron chi connectivity index (χ2n) is 8.92. The van der Waals surface area contributed by atoms with Crippen LogP contribution >= 0.6 is 0 Å². The molecule has 0 amide bonds. The number of phenolic OH excluding ortho intramolecular Hbond substituents is 1. The third-order valence-corrected chi connectivity index (χ3v) is 7.60. The Hall–Kier alpha value is -2.13. The van der Waals surface area contributed by atoms with Crippen molar-refractivity contribution in [1.29, 1.82) is 0 Å². The topological polar surface area (TPSA) is 53.4 Å². The van der Waals surface area contributed by atoms with E-state index in [0.717, 1.165) is 43.4 Å². The zero-order chi connectivity index (χ0) is 18.6. The van der Waals surface area contributed by atoms with Crippen LogP contribution in [0, 0.1) is 17.3 Å². The normalized spacial score (nSPS) is 36.1. The number of rotatable bonds is 1. The minimum Gasteiger partial charge on any atom is -0.508 e. The predicted molar refractivity (Wildman–Crippen MR) is 106 cm³/mol. The number of nitrogens with zero attached hydrogens (tertiary/aromatic N) is 1. The first-order valence-electron chi connectivity index (χ1n) is 10.2. The third-order valence-electron chi connectivity index (χ3n) is 7.60. The van der Waals surface area contributed by atoms with E-state index in [1.54, 1.807) is 0 Å². The molecule has 0 radical (unpaired) electrons. The van der Waals surface area contributed by atoms with Gasteiger partial charge in [-0.1, -0.05) is 19.1 Å². The Kier molecular flexibility index (Phi) is 3.90. The summed E-state index contributed by atoms with van der Waals surface area (Å²) in [6.45, 7) is 2.30. The summed E-state index contributed by atoms with van der Waals surface area (Å²) in [5.74, 6) is 2.08. The third kappa shape index (κ3) is 2.63. The van der Waals surface area contributed by atoms with Crippen LogP contribution in [0.15, 0.2) is 48.2 Å². The number of aryl methyl sites for hydroxylation is 1. The van der Waals surface area contributed by atoms with Crippen molar-refractivity contribution in [2.45, 2.75) is 51.0 Å². The minimum absolute atomic E-state index is 0.0315. The first kappa shape index (κ1) is 17.0. The number of aromatic nitrogens is 1. The maximum Gasteiger partial charge on any atom is 0.115 e. The van der Waals surface area contributed by atoms with E-state index >= 15 is 0 Å². The van der Waals surface area contributed by atoms with E-state index in [-0.39, 0.29) is 11.5 Å². The quantitative estimate of drug-likeness (QED) is 0.774. The Morgan fingerprint density at radius 3 is 2.89 bits per heavy atom. The highest BCUT2D eigenvalue weighted by atomic mass is 16.3. The second kappa shape index (κ2) is 6.20. The number of pyridine rings is 1. The number of fused-ring (bicyclic) bond motifs is 5. The van der Waals surface area contributed by atoms with Gasteiger partial charge in [0.1, 0.15) is 5.75 Å². The fourth-order valence-corrected chi connectivity index (χ4v) is 6.22. The molecule has 2 aromatic rings. The number of hydrogen-bond acceptors (Lipinski definition) is 3. The molecule has 140 valence electrons. The van der Waals surface area contributed by atoms with Crippen molar-refractivity contribution < 1.29 is 10.2 Å². The molecule has 1 heterocycles. The summed E-state index contributed by atoms with van der Waals surface area (Å²) in [5.41, 5.74) is 4.81. The van der Waals surface area contributed by atoms with Gasteiger partial charge < -0.3 is 10.2 Å². The van der Waals surface area contributed by atoms with E-state index < -0.39 is 0 Å². The van der Waals surface area contributed by atoms with Crippen molar-refractivity contribution in [3.05, 3.63) is 65.0 Å². The lowest BCUT2D eigenvalue weighted by Crippen LogP contribution is -2.44. The SMILES string of the molecule is C[C@]12CCC3c4ccc(O)cc4CCC3C1CC(=Cc1ccccn1)[C@@H]2O. The molecule has 0 spiro atoms. The van der Waals surface area contributed by atoms with Gasteiger partial charge in [0, 0.05) is 11.6 Å². The van der Waals surface area contributed by atoms with Gasteiger partial charge in [-0.15, -0.1) is 0 Å². The maximum atomic E-state index is 11.2. The van der Waals surface area contributed by atoms with Crippen LogP contribution in [0.3, 0.4) is 0 Å². The molecule has 27 heavy (non-hydrogen) atoms. The van der Waals surface area contributed by atoms with E-state index in [2.05, 4.69) is 24.1 Å². The summed E-state index contributed by atoms with van der Waals surface area (Å²) in [5, 5.41) is 21.0. The molecule has 1 aromatic heterocycles. The fraction of sp³-hybridized carbons (Fsp3) is 0.458. The highest BCUT2D eigenvalue weighted by Gasteiger charge is 2.56. The van der Waals surface area contributed by atoms with Crippen LogP contribution in [-0.2, 0) is 6.42 Å². The van der Waals surface area contributed by atoms with Crippen LogP contribution in [0.2, 0.25) is 0 Å². The molecule has 5 rings (SSSR count). The Morgan fingerprint density at radius 1 is 1.19 bits per heavy atom. The van der Waals surface area contributed by atoms with Gasteiger partial charge in [0.05, 0.1) is 11.8 Å². The van der Waals surface area contributed by atoms with Gasteiger partial charge in [0.15, 0.2) is 0 Å². The Bertz CT molecular complexity index is 891. The number of phenols is 1. The van der Waals surface area contributed by atoms with Crippen molar-refractivity contribution in [2.24, 2.45) is 17.3 Å². The maximum absolute atomic E-state index is 11.2. The molecule has 0 bridgehead atoms. The monoisotopic (exact) mass is 361 g/mol. The molecule has 1 aromatic carbocycles. The van der Waals surface area contributed by atoms with Gasteiger partial charge in [0.2, 0.25) is 0 Å². The summed E-state index contributed by atoms with van der Waals surface area (Å²) >= 11 is 0. The molecule has 3 unspecified atom stereocenters. The predicted octanol–water partition coefficient (Wildman–Crippen LogP) is 4.70. The highest BCUT2D eigenvalue weighted by Crippen LogP contribution is 2.62. The average molecular weight is 361 g/mol. The molecule has 5 atom stereocenters. The lowest BCUT2D eigenvalue weighted by molar-refractivity contribution is -0.0158. The van der Waals surface area contributed by atoms with E-state index in [1.165, 1.54) is 11.1 Å². The first-order valence-corrected chi connectivity index (χ1v) is 10.2. The fourth-order valence-electron chi connectivity index (χ4n) is 6.22. The van der Waals surface area contributed by atoms with Gasteiger partial charge in [-0.05, 0) is 96.9 Å². The van der Waals surface area contributed by atoms with Gasteiger partial charge in [-0.25, -0.2) is 0 Å². The lowest BCUT2D eigenvalue weighted by Gasteiger charge is -2.49. The number of aliphatic hydroxyl groups is 1. The molecular formula is C24H27NO2. The van der Waals surface area contributed by atoms with Crippen LogP contribution in [0.5, 0.6) is 5.75 Å². The summed E-state index contributed by atoms with van der Waals surface area (Å²) < 4.78 is 0. The minimum atomic E-state index is -0.369. The largest absolute Gasteiger partial charge is 0.508 e. The van der Waals surface area contributed by atoms with Gasteiger partial charge in [-0.3, -0.25) is 4.98 Å². The van der Waals surface area contributed by atoms with E-state index in [0.29, 0.717) is 23.5 Å². The van der Waals surface area contributed by atoms with Crippen molar-refractivity contribution in [3.8, 4) is 5.75 Å². The zero-order valence-electron chi connectivity index (χ0n) is 15.8. The van der Waals surface area contributed by atoms with Crippen molar-refractivity contribution in [3.63, 3.8) is 0 Å². The van der Waals surface area contributed by atoms with Crippen LogP contribution in [0.25, 0.3) is 6.08 Å². The van der Waals surface area contributed by atoms with Gasteiger partial charge >= 0.3 is 0 Å². The highest BCUT2D eigenvalue weighted by molar-refractivity contribution is 5.52. The Labute approximate surface area is 160 Å². The summed E-state index contributed by atoms with van der Waals surface area (Å²) in [6, 6.07) is 11.9. The molecule has 0 aliphatic heterocycles. The zero-order valence-corrected chi connectivity index (χ0v) is 15.8. The molecule has 2 saturated carbocycles. The van der Waals surface area contributed by atoms with E-state index in [9.17, 15) is 10.2 Å². The summed E-state index contributed by atoms with van der Waals surface area (Å²) in [7, 11) is 0. The van der Waals surface area contributed by atoms with E-state index in [1.807, 2.05) is 36.5 Å². The standard InChI is InChI=1S/C24H27NO2/c1-24-10-9-20-19-8-6-18(26)13-15(19)5-7-21(20)22(24)14-16(23(24)27)12-17-4-2-3-11-25-17/h2-4,6,8,11-13,20-23,26-27H,5,7,9-10,14H2,1H3/t20?,21?,22?,23-,24-/m0/s1. The average Bonchev–Trinajstić information content (AvgIpc) is 2.93. The smallest absolute Gasteiger partial charge is 0.115 e.